The van der Waals surface area contributed by atoms with Crippen LogP contribution in [0.5, 0.6) is 0 Å². The molecular formula is C56H84O18. The first-order valence-electron chi connectivity index (χ1n) is 27.3. The molecule has 0 unspecified atom stereocenters. The van der Waals surface area contributed by atoms with Crippen molar-refractivity contribution in [2.75, 3.05) is 14.2 Å². The molecule has 1 aromatic rings. The Hall–Kier alpha value is -2.50. The highest BCUT2D eigenvalue weighted by Crippen LogP contribution is 2.71. The molecule has 1 aromatic carbocycles. The quantitative estimate of drug-likeness (QED) is 0.0947. The first-order chi connectivity index (χ1) is 35.1. The van der Waals surface area contributed by atoms with E-state index < -0.39 is 144 Å². The van der Waals surface area contributed by atoms with Gasteiger partial charge in [-0.05, 0) is 115 Å². The van der Waals surface area contributed by atoms with Crippen LogP contribution in [0, 0.1) is 28.6 Å². The normalized spacial score (nSPS) is 49.6. The van der Waals surface area contributed by atoms with Gasteiger partial charge in [-0.3, -0.25) is 4.79 Å². The van der Waals surface area contributed by atoms with Gasteiger partial charge in [-0.2, -0.15) is 0 Å². The Morgan fingerprint density at radius 3 is 1.80 bits per heavy atom. The van der Waals surface area contributed by atoms with Crippen LogP contribution in [0.2, 0.25) is 0 Å². The Labute approximate surface area is 435 Å². The third-order valence-electron chi connectivity index (χ3n) is 19.4. The van der Waals surface area contributed by atoms with Gasteiger partial charge in [0.15, 0.2) is 25.2 Å². The predicted octanol–water partition coefficient (Wildman–Crippen LogP) is 4.89. The highest BCUT2D eigenvalue weighted by molar-refractivity contribution is 5.87. The first-order valence-corrected chi connectivity index (χ1v) is 27.3. The topological polar surface area (TPSA) is 237 Å². The minimum absolute atomic E-state index is 0.0804. The van der Waals surface area contributed by atoms with Crippen LogP contribution >= 0.6 is 0 Å². The molecule has 416 valence electrons. The fourth-order valence-corrected chi connectivity index (χ4v) is 15.2. The summed E-state index contributed by atoms with van der Waals surface area (Å²) in [6, 6.07) is 9.46. The van der Waals surface area contributed by atoms with Crippen LogP contribution in [0.3, 0.4) is 0 Å². The average Bonchev–Trinajstić information content (AvgIpc) is 3.66. The van der Waals surface area contributed by atoms with E-state index in [4.69, 9.17) is 52.1 Å². The lowest BCUT2D eigenvalue weighted by molar-refractivity contribution is -0.346. The molecule has 0 bridgehead atoms. The fraction of sp³-hybridized carbons (Fsp3) is 0.821. The summed E-state index contributed by atoms with van der Waals surface area (Å²) in [5.41, 5.74) is -3.89. The minimum atomic E-state index is -1.65. The molecule has 4 saturated heterocycles. The summed E-state index contributed by atoms with van der Waals surface area (Å²) in [4.78, 5) is 26.8. The molecule has 18 heteroatoms. The lowest BCUT2D eigenvalue weighted by atomic mass is 9.40. The number of rotatable bonds is 14. The Balaban J connectivity index is 0.782. The van der Waals surface area contributed by atoms with Gasteiger partial charge in [0.1, 0.15) is 41.9 Å². The molecule has 25 atom stereocenters. The van der Waals surface area contributed by atoms with Crippen molar-refractivity contribution in [2.45, 2.75) is 247 Å². The van der Waals surface area contributed by atoms with Crippen molar-refractivity contribution in [3.63, 3.8) is 0 Å². The maximum absolute atomic E-state index is 13.6. The summed E-state index contributed by atoms with van der Waals surface area (Å²) >= 11 is 0. The van der Waals surface area contributed by atoms with E-state index in [1.165, 1.54) is 20.1 Å². The van der Waals surface area contributed by atoms with Gasteiger partial charge in [-0.1, -0.05) is 44.2 Å². The van der Waals surface area contributed by atoms with Crippen LogP contribution in [0.4, 0.5) is 0 Å². The van der Waals surface area contributed by atoms with Crippen LogP contribution in [0.15, 0.2) is 36.4 Å². The van der Waals surface area contributed by atoms with E-state index >= 15 is 0 Å². The summed E-state index contributed by atoms with van der Waals surface area (Å²) in [5.74, 6) is -1.47. The Morgan fingerprint density at radius 2 is 1.20 bits per heavy atom. The molecule has 8 aliphatic rings. The number of hydrogen-bond acceptors (Lipinski definition) is 18. The van der Waals surface area contributed by atoms with Crippen molar-refractivity contribution in [3.8, 4) is 0 Å². The lowest BCUT2D eigenvalue weighted by Gasteiger charge is -2.68. The third-order valence-corrected chi connectivity index (χ3v) is 19.4. The smallest absolute Gasteiger partial charge is 0.331 e. The predicted molar refractivity (Wildman–Crippen MR) is 264 cm³/mol. The van der Waals surface area contributed by atoms with Crippen molar-refractivity contribution < 1.29 is 87.2 Å². The van der Waals surface area contributed by atoms with Crippen LogP contribution < -0.4 is 0 Å². The van der Waals surface area contributed by atoms with Crippen LogP contribution in [-0.4, -0.2) is 173 Å². The maximum Gasteiger partial charge on any atom is 0.331 e. The zero-order valence-electron chi connectivity index (χ0n) is 44.7. The largest absolute Gasteiger partial charge is 0.458 e. The molecule has 5 N–H and O–H groups in total. The van der Waals surface area contributed by atoms with Crippen molar-refractivity contribution in [1.29, 1.82) is 0 Å². The molecule has 9 rings (SSSR count). The SMILES string of the molecule is CO[C@H]1C[C@H](O[C@H]2CC[C@@]3(C)[C@@H](CC[C@]4(O)[C@@H]3C[C@@H](OC(=O)C=Cc3ccccc3)[C@]3(C)[C@H](C(C)=O)CC[C@@]34O)C2)O[C@H](C)[C@H]1O[C@H]1C[C@H](O)[C@H](O[C@H]2C[C@H](O)[C@H](O[C@H]3C[C@@H](OC)[C@H](O)[C@@H](C)O3)[C@@H](C)O2)[C@@H](C)O1. The van der Waals surface area contributed by atoms with Gasteiger partial charge in [0.05, 0.1) is 60.5 Å². The molecule has 8 fully saturated rings. The second-order valence-electron chi connectivity index (χ2n) is 23.5. The Morgan fingerprint density at radius 1 is 0.649 bits per heavy atom. The van der Waals surface area contributed by atoms with Crippen molar-refractivity contribution >= 4 is 17.8 Å². The first kappa shape index (κ1) is 56.2. The number of esters is 1. The summed E-state index contributed by atoms with van der Waals surface area (Å²) in [6.07, 6.45) is -3.61. The van der Waals surface area contributed by atoms with Gasteiger partial charge in [0, 0.05) is 57.3 Å². The third kappa shape index (κ3) is 10.5. The summed E-state index contributed by atoms with van der Waals surface area (Å²) in [5, 5.41) is 58.9. The summed E-state index contributed by atoms with van der Waals surface area (Å²) in [6.45, 7) is 12.8. The zero-order chi connectivity index (χ0) is 53.1. The van der Waals surface area contributed by atoms with Crippen LogP contribution in [0.25, 0.3) is 6.08 Å². The average molecular weight is 1050 g/mol. The van der Waals surface area contributed by atoms with Crippen molar-refractivity contribution in [3.05, 3.63) is 42.0 Å². The number of fused-ring (bicyclic) bond motifs is 5. The molecule has 4 aliphatic carbocycles. The standard InChI is InChI=1S/C56H84O18/c1-29(57)37-19-22-56(63)54(37,7)43(71-44(60)16-15-34-13-11-10-12-14-34)28-42-53(6)20-18-36(23-35(53)17-21-55(42,56)62)70-47-27-41(65-9)52(33(5)69-47)74-46-25-39(59)50(31(3)68-46)72-45-24-38(58)51(32(4)67-45)73-48-26-40(64-8)49(61)30(2)66-48/h10-16,30-33,35-43,45-52,58-59,61-63H,17-28H2,1-9H3/t30-,31-,32-,33-,35+,36+,37+,38+,39+,40-,41+,42-,43-,45+,46+,47+,48+,49-,50-,51-,52-,53+,54+,55+,56-/m1/s1. The number of methoxy groups -OCH3 is 2. The molecule has 0 spiro atoms. The van der Waals surface area contributed by atoms with Gasteiger partial charge in [-0.25, -0.2) is 4.79 Å². The van der Waals surface area contributed by atoms with E-state index in [-0.39, 0.29) is 37.1 Å². The van der Waals surface area contributed by atoms with E-state index in [1.807, 2.05) is 44.2 Å². The molecule has 0 aromatic heterocycles. The Kier molecular flexibility index (Phi) is 17.0. The van der Waals surface area contributed by atoms with E-state index in [0.29, 0.717) is 57.8 Å². The second kappa shape index (κ2) is 22.3. The van der Waals surface area contributed by atoms with Crippen LogP contribution in [-0.2, 0) is 61.7 Å². The number of aliphatic hydroxyl groups is 5. The van der Waals surface area contributed by atoms with Crippen LogP contribution in [0.1, 0.15) is 131 Å². The van der Waals surface area contributed by atoms with Gasteiger partial charge in [0.2, 0.25) is 0 Å². The van der Waals surface area contributed by atoms with Gasteiger partial charge in [0.25, 0.3) is 0 Å². The second-order valence-corrected chi connectivity index (χ2v) is 23.5. The highest BCUT2D eigenvalue weighted by Gasteiger charge is 2.78. The van der Waals surface area contributed by atoms with Crippen molar-refractivity contribution in [2.24, 2.45) is 28.6 Å². The van der Waals surface area contributed by atoms with E-state index in [1.54, 1.807) is 34.0 Å². The number of carbonyl (C=O) groups is 2. The number of aliphatic hydroxyl groups excluding tert-OH is 3. The number of Topliss-reactive ketones (excluding diaryl/α,β-unsaturated/α-hetero) is 1. The Bertz CT molecular complexity index is 2090. The maximum atomic E-state index is 13.6. The number of carbonyl (C=O) groups excluding carboxylic acids is 2. The number of ether oxygens (including phenoxy) is 11. The summed E-state index contributed by atoms with van der Waals surface area (Å²) in [7, 11) is 3.15. The highest BCUT2D eigenvalue weighted by atomic mass is 16.8. The van der Waals surface area contributed by atoms with E-state index in [2.05, 4.69) is 6.92 Å². The molecule has 4 aliphatic heterocycles. The van der Waals surface area contributed by atoms with Gasteiger partial charge < -0.3 is 77.6 Å². The van der Waals surface area contributed by atoms with E-state index in [9.17, 15) is 35.1 Å². The van der Waals surface area contributed by atoms with Gasteiger partial charge in [-0.15, -0.1) is 0 Å². The van der Waals surface area contributed by atoms with Crippen molar-refractivity contribution in [1.82, 2.24) is 0 Å². The van der Waals surface area contributed by atoms with E-state index in [0.717, 1.165) is 5.56 Å². The fourth-order valence-electron chi connectivity index (χ4n) is 15.2. The molecule has 18 nitrogen and oxygen atoms in total. The lowest BCUT2D eigenvalue weighted by Crippen LogP contribution is -2.76. The number of benzene rings is 1. The molecule has 0 radical (unpaired) electrons. The summed E-state index contributed by atoms with van der Waals surface area (Å²) < 4.78 is 68.3. The molecule has 4 heterocycles. The number of hydrogen-bond donors (Lipinski definition) is 5. The zero-order valence-corrected chi connectivity index (χ0v) is 44.7. The molecular weight excluding hydrogens is 961 g/mol. The molecule has 74 heavy (non-hydrogen) atoms. The number of ketones is 1. The molecule has 0 amide bonds. The molecule has 4 saturated carbocycles. The minimum Gasteiger partial charge on any atom is -0.458 e. The van der Waals surface area contributed by atoms with Gasteiger partial charge >= 0.3 is 5.97 Å². The monoisotopic (exact) mass is 1040 g/mol.